The van der Waals surface area contributed by atoms with Crippen LogP contribution in [0.2, 0.25) is 0 Å². The maximum Gasteiger partial charge on any atom is 0.125 e. The zero-order valence-corrected chi connectivity index (χ0v) is 13.3. The fourth-order valence-corrected chi connectivity index (χ4v) is 2.30. The molecule has 0 aliphatic rings. The van der Waals surface area contributed by atoms with Gasteiger partial charge in [-0.3, -0.25) is 0 Å². The fourth-order valence-electron chi connectivity index (χ4n) is 2.30. The van der Waals surface area contributed by atoms with Crippen molar-refractivity contribution >= 4 is 5.69 Å². The summed E-state index contributed by atoms with van der Waals surface area (Å²) in [6, 6.07) is 8.37. The second kappa shape index (κ2) is 9.22. The van der Waals surface area contributed by atoms with Gasteiger partial charge in [0.05, 0.1) is 26.2 Å². The van der Waals surface area contributed by atoms with E-state index in [2.05, 4.69) is 29.3 Å². The van der Waals surface area contributed by atoms with Crippen LogP contribution in [0.1, 0.15) is 24.9 Å². The van der Waals surface area contributed by atoms with Gasteiger partial charge in [-0.05, 0) is 26.1 Å². The topological polar surface area (TPSA) is 57.5 Å². The largest absolute Gasteiger partial charge is 0.496 e. The van der Waals surface area contributed by atoms with Gasteiger partial charge in [-0.15, -0.1) is 0 Å². The Bertz CT molecular complexity index is 471. The number of ether oxygens (including phenoxy) is 2. The van der Waals surface area contributed by atoms with Crippen molar-refractivity contribution in [1.82, 2.24) is 5.32 Å². The summed E-state index contributed by atoms with van der Waals surface area (Å²) < 4.78 is 10.7. The zero-order chi connectivity index (χ0) is 15.7. The molecule has 0 radical (unpaired) electrons. The SMILES string of the molecule is CNC(C)c1c(OC)cccc1N(CCC#N)CCOC. The van der Waals surface area contributed by atoms with Crippen LogP contribution in [0.3, 0.4) is 0 Å². The van der Waals surface area contributed by atoms with Crippen molar-refractivity contribution in [3.63, 3.8) is 0 Å². The van der Waals surface area contributed by atoms with Gasteiger partial charge in [-0.1, -0.05) is 6.07 Å². The molecule has 1 aromatic rings. The van der Waals surface area contributed by atoms with Crippen molar-refractivity contribution in [1.29, 1.82) is 5.26 Å². The third kappa shape index (κ3) is 4.62. The second-order valence-corrected chi connectivity index (χ2v) is 4.79. The predicted octanol–water partition coefficient (Wildman–Crippen LogP) is 2.34. The first-order chi connectivity index (χ1) is 10.2. The predicted molar refractivity (Wildman–Crippen MR) is 84.8 cm³/mol. The number of nitrogens with zero attached hydrogens (tertiary/aromatic N) is 2. The number of hydrogen-bond donors (Lipinski definition) is 1. The van der Waals surface area contributed by atoms with Gasteiger partial charge in [0.2, 0.25) is 0 Å². The van der Waals surface area contributed by atoms with Gasteiger partial charge in [-0.25, -0.2) is 0 Å². The van der Waals surface area contributed by atoms with E-state index in [-0.39, 0.29) is 6.04 Å². The molecule has 0 saturated heterocycles. The van der Waals surface area contributed by atoms with E-state index in [9.17, 15) is 0 Å². The Labute approximate surface area is 127 Å². The highest BCUT2D eigenvalue weighted by Gasteiger charge is 2.19. The first-order valence-corrected chi connectivity index (χ1v) is 7.14. The third-order valence-corrected chi connectivity index (χ3v) is 3.53. The number of anilines is 1. The van der Waals surface area contributed by atoms with Crippen molar-refractivity contribution < 1.29 is 9.47 Å². The Hall–Kier alpha value is -1.77. The first-order valence-electron chi connectivity index (χ1n) is 7.14. The van der Waals surface area contributed by atoms with Crippen LogP contribution in [0, 0.1) is 11.3 Å². The van der Waals surface area contributed by atoms with Crippen LogP contribution >= 0.6 is 0 Å². The Balaban J connectivity index is 3.18. The molecular weight excluding hydrogens is 266 g/mol. The van der Waals surface area contributed by atoms with Crippen molar-refractivity contribution in [3.05, 3.63) is 23.8 Å². The lowest BCUT2D eigenvalue weighted by Crippen LogP contribution is -2.30. The summed E-state index contributed by atoms with van der Waals surface area (Å²) in [7, 11) is 5.29. The quantitative estimate of drug-likeness (QED) is 0.757. The van der Waals surface area contributed by atoms with E-state index < -0.39 is 0 Å². The first kappa shape index (κ1) is 17.3. The van der Waals surface area contributed by atoms with Crippen LogP contribution in [-0.4, -0.2) is 41.0 Å². The highest BCUT2D eigenvalue weighted by atomic mass is 16.5. The highest BCUT2D eigenvalue weighted by molar-refractivity contribution is 5.61. The molecule has 5 nitrogen and oxygen atoms in total. The van der Waals surface area contributed by atoms with E-state index in [4.69, 9.17) is 14.7 Å². The van der Waals surface area contributed by atoms with Gasteiger partial charge < -0.3 is 19.7 Å². The number of hydrogen-bond acceptors (Lipinski definition) is 5. The van der Waals surface area contributed by atoms with E-state index in [0.29, 0.717) is 19.6 Å². The monoisotopic (exact) mass is 291 g/mol. The molecule has 21 heavy (non-hydrogen) atoms. The van der Waals surface area contributed by atoms with E-state index in [1.807, 2.05) is 19.2 Å². The average Bonchev–Trinajstić information content (AvgIpc) is 2.53. The molecule has 0 spiro atoms. The molecule has 0 saturated carbocycles. The van der Waals surface area contributed by atoms with Crippen molar-refractivity contribution in [2.75, 3.05) is 45.9 Å². The molecule has 0 amide bonds. The molecule has 116 valence electrons. The van der Waals surface area contributed by atoms with Gasteiger partial charge in [0.15, 0.2) is 0 Å². The van der Waals surface area contributed by atoms with Gasteiger partial charge in [-0.2, -0.15) is 5.26 Å². The number of benzene rings is 1. The highest BCUT2D eigenvalue weighted by Crippen LogP contribution is 2.34. The maximum atomic E-state index is 8.87. The molecule has 1 aromatic carbocycles. The lowest BCUT2D eigenvalue weighted by Gasteiger charge is -2.29. The molecule has 0 fully saturated rings. The summed E-state index contributed by atoms with van der Waals surface area (Å²) in [5.41, 5.74) is 2.19. The molecule has 0 heterocycles. The average molecular weight is 291 g/mol. The van der Waals surface area contributed by atoms with Crippen LogP contribution in [0.5, 0.6) is 5.75 Å². The number of rotatable bonds is 9. The minimum Gasteiger partial charge on any atom is -0.496 e. The van der Waals surface area contributed by atoms with Gasteiger partial charge in [0.1, 0.15) is 5.75 Å². The van der Waals surface area contributed by atoms with Crippen LogP contribution in [-0.2, 0) is 4.74 Å². The Morgan fingerprint density at radius 2 is 2.10 bits per heavy atom. The summed E-state index contributed by atoms with van der Waals surface area (Å²) in [5, 5.41) is 12.1. The van der Waals surface area contributed by atoms with E-state index in [1.165, 1.54) is 0 Å². The van der Waals surface area contributed by atoms with Crippen LogP contribution in [0.15, 0.2) is 18.2 Å². The summed E-state index contributed by atoms with van der Waals surface area (Å²) in [4.78, 5) is 2.18. The van der Waals surface area contributed by atoms with Crippen molar-refractivity contribution in [2.45, 2.75) is 19.4 Å². The molecule has 0 bridgehead atoms. The van der Waals surface area contributed by atoms with Gasteiger partial charge in [0, 0.05) is 37.5 Å². The van der Waals surface area contributed by atoms with Gasteiger partial charge >= 0.3 is 0 Å². The molecule has 0 aromatic heterocycles. The third-order valence-electron chi connectivity index (χ3n) is 3.53. The maximum absolute atomic E-state index is 8.87. The molecular formula is C16H25N3O2. The van der Waals surface area contributed by atoms with E-state index >= 15 is 0 Å². The number of nitriles is 1. The smallest absolute Gasteiger partial charge is 0.125 e. The van der Waals surface area contributed by atoms with E-state index in [0.717, 1.165) is 23.5 Å². The number of methoxy groups -OCH3 is 2. The summed E-state index contributed by atoms with van der Waals surface area (Å²) >= 11 is 0. The van der Waals surface area contributed by atoms with Crippen molar-refractivity contribution in [3.8, 4) is 11.8 Å². The standard InChI is InChI=1S/C16H25N3O2/c1-13(18-2)16-14(7-5-8-15(16)21-4)19(10-6-9-17)11-12-20-3/h5,7-8,13,18H,6,10-12H2,1-4H3. The zero-order valence-electron chi connectivity index (χ0n) is 13.3. The Morgan fingerprint density at radius 1 is 1.33 bits per heavy atom. The van der Waals surface area contributed by atoms with E-state index in [1.54, 1.807) is 14.2 Å². The molecule has 1 unspecified atom stereocenters. The van der Waals surface area contributed by atoms with Gasteiger partial charge in [0.25, 0.3) is 0 Å². The van der Waals surface area contributed by atoms with Crippen LogP contribution in [0.4, 0.5) is 5.69 Å². The van der Waals surface area contributed by atoms with Crippen LogP contribution < -0.4 is 15.0 Å². The minimum atomic E-state index is 0.156. The summed E-state index contributed by atoms with van der Waals surface area (Å²) in [5.74, 6) is 0.855. The fraction of sp³-hybridized carbons (Fsp3) is 0.562. The molecule has 5 heteroatoms. The summed E-state index contributed by atoms with van der Waals surface area (Å²) in [6.45, 7) is 4.14. The lowest BCUT2D eigenvalue weighted by atomic mass is 10.0. The minimum absolute atomic E-state index is 0.156. The molecule has 1 N–H and O–H groups in total. The number of nitrogens with one attached hydrogen (secondary N) is 1. The Kier molecular flexibility index (Phi) is 7.59. The summed E-state index contributed by atoms with van der Waals surface area (Å²) in [6.07, 6.45) is 0.480. The molecule has 0 aliphatic carbocycles. The van der Waals surface area contributed by atoms with Crippen LogP contribution in [0.25, 0.3) is 0 Å². The van der Waals surface area contributed by atoms with Crippen molar-refractivity contribution in [2.24, 2.45) is 0 Å². The normalized spacial score (nSPS) is 11.8. The Morgan fingerprint density at radius 3 is 2.67 bits per heavy atom. The molecule has 0 aliphatic heterocycles. The molecule has 1 atom stereocenters. The molecule has 1 rings (SSSR count). The lowest BCUT2D eigenvalue weighted by molar-refractivity contribution is 0.205. The second-order valence-electron chi connectivity index (χ2n) is 4.79.